The van der Waals surface area contributed by atoms with Crippen LogP contribution in [0.4, 0.5) is 0 Å². The quantitative estimate of drug-likeness (QED) is 0.763. The maximum atomic E-state index is 8.90. The van der Waals surface area contributed by atoms with Gasteiger partial charge in [0.05, 0.1) is 17.5 Å². The first-order valence-corrected chi connectivity index (χ1v) is 5.95. The fourth-order valence-electron chi connectivity index (χ4n) is 1.68. The molecule has 1 aromatic rings. The third kappa shape index (κ3) is 4.16. The predicted molar refractivity (Wildman–Crippen MR) is 66.0 cm³/mol. The summed E-state index contributed by atoms with van der Waals surface area (Å²) in [6.45, 7) is 6.90. The molecule has 0 amide bonds. The van der Waals surface area contributed by atoms with Crippen LogP contribution in [0.5, 0.6) is 0 Å². The minimum Gasteiger partial charge on any atom is -0.319 e. The van der Waals surface area contributed by atoms with Crippen molar-refractivity contribution in [2.75, 3.05) is 6.54 Å². The number of nitrogens with one attached hydrogen (secondary N) is 1. The summed E-state index contributed by atoms with van der Waals surface area (Å²) in [5.41, 5.74) is -0.226. The Balaban J connectivity index is 2.29. The summed E-state index contributed by atoms with van der Waals surface area (Å²) < 4.78 is 1.91. The van der Waals surface area contributed by atoms with Crippen LogP contribution < -0.4 is 5.32 Å². The zero-order valence-corrected chi connectivity index (χ0v) is 11.1. The summed E-state index contributed by atoms with van der Waals surface area (Å²) in [6.07, 6.45) is 3.59. The van der Waals surface area contributed by atoms with Gasteiger partial charge in [0.2, 0.25) is 0 Å². The number of nitrogens with zero attached hydrogens (tertiary/aromatic N) is 4. The van der Waals surface area contributed by atoms with E-state index in [1.54, 1.807) is 6.33 Å². The molecule has 1 N–H and O–H groups in total. The van der Waals surface area contributed by atoms with Gasteiger partial charge in [-0.15, -0.1) is 10.2 Å². The van der Waals surface area contributed by atoms with E-state index in [1.807, 2.05) is 25.5 Å². The minimum atomic E-state index is -0.226. The second-order valence-corrected chi connectivity index (χ2v) is 5.08. The van der Waals surface area contributed by atoms with Gasteiger partial charge in [-0.1, -0.05) is 0 Å². The summed E-state index contributed by atoms with van der Waals surface area (Å²) in [6, 6.07) is 2.50. The molecular formula is C12H21N5. The van der Waals surface area contributed by atoms with Gasteiger partial charge in [0.15, 0.2) is 0 Å². The van der Waals surface area contributed by atoms with Gasteiger partial charge in [-0.2, -0.15) is 5.26 Å². The molecule has 0 saturated heterocycles. The average molecular weight is 235 g/mol. The zero-order valence-electron chi connectivity index (χ0n) is 11.1. The average Bonchev–Trinajstić information content (AvgIpc) is 2.71. The molecule has 0 saturated carbocycles. The van der Waals surface area contributed by atoms with Crippen LogP contribution in [0.1, 0.15) is 45.5 Å². The van der Waals surface area contributed by atoms with Crippen LogP contribution in [0.2, 0.25) is 0 Å². The molecule has 0 aliphatic carbocycles. The Morgan fingerprint density at radius 1 is 1.59 bits per heavy atom. The van der Waals surface area contributed by atoms with Gasteiger partial charge in [-0.25, -0.2) is 0 Å². The Morgan fingerprint density at radius 2 is 2.29 bits per heavy atom. The van der Waals surface area contributed by atoms with Gasteiger partial charge in [-0.3, -0.25) is 0 Å². The SMILES string of the molecule is CC(NCCCC(C)(C)C#N)c1nncn1C. The molecule has 0 radical (unpaired) electrons. The molecule has 5 heteroatoms. The topological polar surface area (TPSA) is 66.5 Å². The van der Waals surface area contributed by atoms with E-state index in [1.165, 1.54) is 0 Å². The van der Waals surface area contributed by atoms with Crippen molar-refractivity contribution in [1.29, 1.82) is 5.26 Å². The summed E-state index contributed by atoms with van der Waals surface area (Å²) in [7, 11) is 1.94. The lowest BCUT2D eigenvalue weighted by Crippen LogP contribution is -2.23. The minimum absolute atomic E-state index is 0.188. The van der Waals surface area contributed by atoms with Crippen molar-refractivity contribution in [3.8, 4) is 6.07 Å². The monoisotopic (exact) mass is 235 g/mol. The van der Waals surface area contributed by atoms with Crippen LogP contribution in [-0.4, -0.2) is 21.3 Å². The number of nitriles is 1. The molecule has 0 fully saturated rings. The van der Waals surface area contributed by atoms with Crippen LogP contribution in [-0.2, 0) is 7.05 Å². The van der Waals surface area contributed by atoms with E-state index in [2.05, 4.69) is 28.5 Å². The number of hydrogen-bond acceptors (Lipinski definition) is 4. The number of aromatic nitrogens is 3. The van der Waals surface area contributed by atoms with E-state index in [0.29, 0.717) is 0 Å². The standard InChI is InChI=1S/C12H21N5/c1-10(11-16-15-9-17(11)4)14-7-5-6-12(2,3)8-13/h9-10,14H,5-7H2,1-4H3. The molecule has 0 aromatic carbocycles. The van der Waals surface area contributed by atoms with Crippen molar-refractivity contribution in [2.24, 2.45) is 12.5 Å². The highest BCUT2D eigenvalue weighted by Crippen LogP contribution is 2.20. The first kappa shape index (κ1) is 13.7. The molecule has 1 rings (SSSR count). The fourth-order valence-corrected chi connectivity index (χ4v) is 1.68. The number of hydrogen-bond donors (Lipinski definition) is 1. The highest BCUT2D eigenvalue weighted by atomic mass is 15.3. The molecule has 1 aromatic heterocycles. The van der Waals surface area contributed by atoms with E-state index in [9.17, 15) is 0 Å². The van der Waals surface area contributed by atoms with E-state index >= 15 is 0 Å². The lowest BCUT2D eigenvalue weighted by atomic mass is 9.90. The van der Waals surface area contributed by atoms with Crippen LogP contribution in [0.25, 0.3) is 0 Å². The Kier molecular flexibility index (Phi) is 4.64. The third-order valence-corrected chi connectivity index (χ3v) is 2.87. The van der Waals surface area contributed by atoms with Gasteiger partial charge in [0.25, 0.3) is 0 Å². The zero-order chi connectivity index (χ0) is 12.9. The second kappa shape index (κ2) is 5.78. The number of aryl methyl sites for hydroxylation is 1. The first-order valence-electron chi connectivity index (χ1n) is 5.95. The Labute approximate surface area is 103 Å². The molecule has 1 heterocycles. The van der Waals surface area contributed by atoms with Crippen molar-refractivity contribution in [3.63, 3.8) is 0 Å². The highest BCUT2D eigenvalue weighted by molar-refractivity contribution is 4.93. The van der Waals surface area contributed by atoms with E-state index in [0.717, 1.165) is 25.2 Å². The summed E-state index contributed by atoms with van der Waals surface area (Å²) >= 11 is 0. The third-order valence-electron chi connectivity index (χ3n) is 2.87. The molecule has 1 unspecified atom stereocenters. The lowest BCUT2D eigenvalue weighted by molar-refractivity contribution is 0.413. The molecule has 17 heavy (non-hydrogen) atoms. The van der Waals surface area contributed by atoms with Crippen molar-refractivity contribution < 1.29 is 0 Å². The Morgan fingerprint density at radius 3 is 2.82 bits per heavy atom. The first-order chi connectivity index (χ1) is 7.96. The molecule has 0 bridgehead atoms. The lowest BCUT2D eigenvalue weighted by Gasteiger charge is -2.16. The van der Waals surface area contributed by atoms with E-state index in [-0.39, 0.29) is 11.5 Å². The molecule has 0 spiro atoms. The van der Waals surface area contributed by atoms with Gasteiger partial charge >= 0.3 is 0 Å². The van der Waals surface area contributed by atoms with Crippen LogP contribution >= 0.6 is 0 Å². The van der Waals surface area contributed by atoms with Crippen molar-refractivity contribution in [2.45, 2.75) is 39.7 Å². The molecular weight excluding hydrogens is 214 g/mol. The van der Waals surface area contributed by atoms with Crippen molar-refractivity contribution >= 4 is 0 Å². The van der Waals surface area contributed by atoms with Gasteiger partial charge in [-0.05, 0) is 40.2 Å². The Bertz CT molecular complexity index is 388. The maximum Gasteiger partial charge on any atom is 0.149 e. The molecule has 5 nitrogen and oxygen atoms in total. The second-order valence-electron chi connectivity index (χ2n) is 5.08. The van der Waals surface area contributed by atoms with E-state index in [4.69, 9.17) is 5.26 Å². The molecule has 1 atom stereocenters. The normalized spacial score (nSPS) is 13.4. The highest BCUT2D eigenvalue weighted by Gasteiger charge is 2.16. The summed E-state index contributed by atoms with van der Waals surface area (Å²) in [5.74, 6) is 0.935. The summed E-state index contributed by atoms with van der Waals surface area (Å²) in [5, 5.41) is 20.2. The van der Waals surface area contributed by atoms with Crippen LogP contribution in [0.3, 0.4) is 0 Å². The van der Waals surface area contributed by atoms with E-state index < -0.39 is 0 Å². The van der Waals surface area contributed by atoms with Gasteiger partial charge in [0, 0.05) is 7.05 Å². The van der Waals surface area contributed by atoms with Crippen LogP contribution in [0.15, 0.2) is 6.33 Å². The fraction of sp³-hybridized carbons (Fsp3) is 0.750. The molecule has 94 valence electrons. The van der Waals surface area contributed by atoms with Crippen LogP contribution in [0, 0.1) is 16.7 Å². The van der Waals surface area contributed by atoms with Crippen molar-refractivity contribution in [3.05, 3.63) is 12.2 Å². The number of rotatable bonds is 6. The molecule has 0 aliphatic rings. The van der Waals surface area contributed by atoms with Gasteiger partial charge in [0.1, 0.15) is 12.2 Å². The largest absolute Gasteiger partial charge is 0.319 e. The smallest absolute Gasteiger partial charge is 0.149 e. The predicted octanol–water partition coefficient (Wildman–Crippen LogP) is 1.80. The van der Waals surface area contributed by atoms with Crippen molar-refractivity contribution in [1.82, 2.24) is 20.1 Å². The summed E-state index contributed by atoms with van der Waals surface area (Å²) in [4.78, 5) is 0. The molecule has 0 aliphatic heterocycles. The Hall–Kier alpha value is -1.41. The maximum absolute atomic E-state index is 8.90. The van der Waals surface area contributed by atoms with Gasteiger partial charge < -0.3 is 9.88 Å².